The van der Waals surface area contributed by atoms with Gasteiger partial charge in [-0.15, -0.1) is 0 Å². The van der Waals surface area contributed by atoms with Gasteiger partial charge in [-0.2, -0.15) is 0 Å². The fraction of sp³-hybridized carbons (Fsp3) is 0.304. The number of amides is 2. The molecule has 0 unspecified atom stereocenters. The highest BCUT2D eigenvalue weighted by Crippen LogP contribution is 2.23. The number of ketones is 1. The van der Waals surface area contributed by atoms with Gasteiger partial charge in [-0.25, -0.2) is 0 Å². The van der Waals surface area contributed by atoms with Crippen molar-refractivity contribution in [1.29, 1.82) is 0 Å². The average Bonchev–Trinajstić information content (AvgIpc) is 2.76. The van der Waals surface area contributed by atoms with Crippen molar-refractivity contribution in [2.75, 3.05) is 11.9 Å². The van der Waals surface area contributed by atoms with Crippen molar-refractivity contribution in [2.45, 2.75) is 38.5 Å². The topological polar surface area (TPSA) is 116 Å². The summed E-state index contributed by atoms with van der Waals surface area (Å²) in [6, 6.07) is 11.8. The van der Waals surface area contributed by atoms with E-state index in [0.29, 0.717) is 16.8 Å². The molecule has 0 saturated carbocycles. The number of nitrogens with one attached hydrogen (secondary N) is 1. The molecule has 1 aliphatic rings. The van der Waals surface area contributed by atoms with Crippen molar-refractivity contribution in [1.82, 2.24) is 0 Å². The number of rotatable bonds is 8. The van der Waals surface area contributed by atoms with Gasteiger partial charge in [-0.3, -0.25) is 19.2 Å². The second-order valence-electron chi connectivity index (χ2n) is 7.26. The quantitative estimate of drug-likeness (QED) is 0.515. The lowest BCUT2D eigenvalue weighted by molar-refractivity contribution is -0.147. The maximum Gasteiger partial charge on any atom is 0.306 e. The maximum absolute atomic E-state index is 12.4. The molecule has 1 aliphatic carbocycles. The van der Waals surface area contributed by atoms with Crippen molar-refractivity contribution in [3.63, 3.8) is 0 Å². The highest BCUT2D eigenvalue weighted by atomic mass is 16.5. The number of aryl methyl sites for hydroxylation is 2. The van der Waals surface area contributed by atoms with Gasteiger partial charge in [0.2, 0.25) is 5.91 Å². The van der Waals surface area contributed by atoms with E-state index in [-0.39, 0.29) is 18.6 Å². The third-order valence-corrected chi connectivity index (χ3v) is 5.04. The Hall–Kier alpha value is -3.48. The Morgan fingerprint density at radius 3 is 2.23 bits per heavy atom. The fourth-order valence-electron chi connectivity index (χ4n) is 3.40. The molecule has 156 valence electrons. The Balaban J connectivity index is 1.41. The molecule has 3 N–H and O–H groups in total. The zero-order chi connectivity index (χ0) is 21.5. The molecule has 2 aromatic carbocycles. The van der Waals surface area contributed by atoms with Crippen LogP contribution in [-0.2, 0) is 27.2 Å². The van der Waals surface area contributed by atoms with Gasteiger partial charge in [-0.05, 0) is 67.1 Å². The summed E-state index contributed by atoms with van der Waals surface area (Å²) >= 11 is 0. The molecule has 0 bridgehead atoms. The van der Waals surface area contributed by atoms with Gasteiger partial charge in [0.15, 0.2) is 12.4 Å². The monoisotopic (exact) mass is 408 g/mol. The number of carbonyl (C=O) groups is 4. The van der Waals surface area contributed by atoms with Crippen LogP contribution in [0.1, 0.15) is 57.5 Å². The van der Waals surface area contributed by atoms with E-state index in [0.717, 1.165) is 19.3 Å². The predicted octanol–water partition coefficient (Wildman–Crippen LogP) is 2.81. The first kappa shape index (κ1) is 21.2. The average molecular weight is 408 g/mol. The van der Waals surface area contributed by atoms with E-state index in [2.05, 4.69) is 5.32 Å². The zero-order valence-corrected chi connectivity index (χ0v) is 16.6. The van der Waals surface area contributed by atoms with Crippen LogP contribution < -0.4 is 11.1 Å². The molecule has 0 atom stereocenters. The van der Waals surface area contributed by atoms with Crippen LogP contribution in [0.15, 0.2) is 42.5 Å². The van der Waals surface area contributed by atoms with E-state index in [1.54, 1.807) is 0 Å². The first-order chi connectivity index (χ1) is 14.4. The molecule has 0 fully saturated rings. The number of esters is 1. The molecule has 0 heterocycles. The Bertz CT molecular complexity index is 966. The van der Waals surface area contributed by atoms with Crippen LogP contribution in [0.25, 0.3) is 0 Å². The number of anilines is 1. The van der Waals surface area contributed by atoms with Crippen LogP contribution in [0.5, 0.6) is 0 Å². The van der Waals surface area contributed by atoms with Crippen LogP contribution in [-0.4, -0.2) is 30.2 Å². The molecule has 0 saturated heterocycles. The summed E-state index contributed by atoms with van der Waals surface area (Å²) in [5, 5.41) is 2.55. The van der Waals surface area contributed by atoms with Crippen molar-refractivity contribution in [3.05, 3.63) is 64.7 Å². The first-order valence-corrected chi connectivity index (χ1v) is 9.93. The van der Waals surface area contributed by atoms with Crippen molar-refractivity contribution in [2.24, 2.45) is 5.73 Å². The highest BCUT2D eigenvalue weighted by Gasteiger charge is 2.15. The molecule has 7 heteroatoms. The number of ether oxygens (including phenoxy) is 1. The molecule has 0 radical (unpaired) electrons. The van der Waals surface area contributed by atoms with E-state index in [4.69, 9.17) is 10.5 Å². The molecule has 3 rings (SSSR count). The number of hydrogen-bond acceptors (Lipinski definition) is 5. The molecule has 30 heavy (non-hydrogen) atoms. The fourth-order valence-corrected chi connectivity index (χ4v) is 3.40. The lowest BCUT2D eigenvalue weighted by atomic mass is 9.89. The van der Waals surface area contributed by atoms with Crippen molar-refractivity contribution >= 4 is 29.3 Å². The number of Topliss-reactive ketones (excluding diaryl/α,β-unsaturated/α-hetero) is 1. The summed E-state index contributed by atoms with van der Waals surface area (Å²) in [5.74, 6) is -1.80. The van der Waals surface area contributed by atoms with E-state index in [1.165, 1.54) is 41.8 Å². The molecule has 0 aliphatic heterocycles. The van der Waals surface area contributed by atoms with Gasteiger partial charge in [0.05, 0.1) is 6.42 Å². The van der Waals surface area contributed by atoms with Crippen molar-refractivity contribution in [3.8, 4) is 0 Å². The number of primary amides is 1. The van der Waals surface area contributed by atoms with Crippen LogP contribution in [0, 0.1) is 0 Å². The van der Waals surface area contributed by atoms with E-state index < -0.39 is 24.4 Å². The van der Waals surface area contributed by atoms with E-state index in [1.807, 2.05) is 18.2 Å². The third kappa shape index (κ3) is 5.76. The summed E-state index contributed by atoms with van der Waals surface area (Å²) in [6.07, 6.45) is 4.30. The van der Waals surface area contributed by atoms with Crippen LogP contribution in [0.2, 0.25) is 0 Å². The summed E-state index contributed by atoms with van der Waals surface area (Å²) in [4.78, 5) is 47.2. The van der Waals surface area contributed by atoms with Gasteiger partial charge in [0, 0.05) is 23.2 Å². The molecule has 0 aromatic heterocycles. The van der Waals surface area contributed by atoms with Crippen LogP contribution in [0.3, 0.4) is 0 Å². The second kappa shape index (κ2) is 9.82. The minimum Gasteiger partial charge on any atom is -0.456 e. The number of carbonyl (C=O) groups excluding carboxylic acids is 4. The summed E-state index contributed by atoms with van der Waals surface area (Å²) in [5.41, 5.74) is 9.05. The highest BCUT2D eigenvalue weighted by molar-refractivity contribution is 5.98. The lowest BCUT2D eigenvalue weighted by Crippen LogP contribution is -2.21. The summed E-state index contributed by atoms with van der Waals surface area (Å²) in [7, 11) is 0. The Labute approximate surface area is 174 Å². The van der Waals surface area contributed by atoms with E-state index >= 15 is 0 Å². The van der Waals surface area contributed by atoms with Gasteiger partial charge in [0.25, 0.3) is 5.91 Å². The lowest BCUT2D eigenvalue weighted by Gasteiger charge is -2.16. The second-order valence-corrected chi connectivity index (χ2v) is 7.26. The zero-order valence-electron chi connectivity index (χ0n) is 16.6. The van der Waals surface area contributed by atoms with E-state index in [9.17, 15) is 19.2 Å². The Kier molecular flexibility index (Phi) is 6.95. The van der Waals surface area contributed by atoms with Gasteiger partial charge in [-0.1, -0.05) is 12.1 Å². The number of benzene rings is 2. The number of hydrogen-bond donors (Lipinski definition) is 2. The molecule has 2 aromatic rings. The Morgan fingerprint density at radius 1 is 0.867 bits per heavy atom. The molecular weight excluding hydrogens is 384 g/mol. The van der Waals surface area contributed by atoms with Gasteiger partial charge < -0.3 is 15.8 Å². The smallest absolute Gasteiger partial charge is 0.306 e. The summed E-state index contributed by atoms with van der Waals surface area (Å²) in [6.45, 7) is -0.455. The number of nitrogens with two attached hydrogens (primary N) is 1. The minimum atomic E-state index is -0.611. The number of fused-ring (bicyclic) bond motifs is 1. The standard InChI is InChI=1S/C23H24N2O5/c24-23(29)16-7-9-19(10-8-16)25-21(27)14-30-22(28)12-11-20(26)18-6-5-15-3-1-2-4-17(15)13-18/h5-10,13H,1-4,11-12,14H2,(H2,24,29)(H,25,27). The third-order valence-electron chi connectivity index (χ3n) is 5.04. The van der Waals surface area contributed by atoms with Gasteiger partial charge in [0.1, 0.15) is 0 Å². The van der Waals surface area contributed by atoms with Crippen LogP contribution in [0.4, 0.5) is 5.69 Å². The maximum atomic E-state index is 12.4. The predicted molar refractivity (Wildman–Crippen MR) is 111 cm³/mol. The molecular formula is C23H24N2O5. The summed E-state index contributed by atoms with van der Waals surface area (Å²) < 4.78 is 4.94. The molecule has 7 nitrogen and oxygen atoms in total. The first-order valence-electron chi connectivity index (χ1n) is 9.93. The van der Waals surface area contributed by atoms with Gasteiger partial charge >= 0.3 is 5.97 Å². The molecule has 2 amide bonds. The minimum absolute atomic E-state index is 0.0355. The Morgan fingerprint density at radius 2 is 1.53 bits per heavy atom. The molecule has 0 spiro atoms. The normalized spacial score (nSPS) is 12.5. The SMILES string of the molecule is NC(=O)c1ccc(NC(=O)COC(=O)CCC(=O)c2ccc3c(c2)CCCC3)cc1. The van der Waals surface area contributed by atoms with Crippen molar-refractivity contribution < 1.29 is 23.9 Å². The largest absolute Gasteiger partial charge is 0.456 e. The van der Waals surface area contributed by atoms with Crippen LogP contribution >= 0.6 is 0 Å².